The minimum atomic E-state index is -1.38. The number of nitrogens with zero attached hydrogens (tertiary/aromatic N) is 3. The molecule has 1 saturated carbocycles. The van der Waals surface area contributed by atoms with E-state index >= 15 is 4.39 Å². The average Bonchev–Trinajstić information content (AvgIpc) is 3.07. The Hall–Kier alpha value is -5.47. The van der Waals surface area contributed by atoms with E-state index < -0.39 is 52.1 Å². The predicted molar refractivity (Wildman–Crippen MR) is 182 cm³/mol. The number of rotatable bonds is 11. The largest absolute Gasteiger partial charge is 0.477 e. The number of hydrogen-bond acceptors (Lipinski definition) is 8. The number of ether oxygens (including phenoxy) is 1. The summed E-state index contributed by atoms with van der Waals surface area (Å²) < 4.78 is 22.3. The van der Waals surface area contributed by atoms with Crippen LogP contribution in [0, 0.1) is 11.2 Å². The third-order valence-corrected chi connectivity index (χ3v) is 9.34. The van der Waals surface area contributed by atoms with Crippen LogP contribution in [0.25, 0.3) is 10.9 Å². The van der Waals surface area contributed by atoms with E-state index in [0.717, 1.165) is 12.5 Å². The predicted octanol–water partition coefficient (Wildman–Crippen LogP) is 3.07. The van der Waals surface area contributed by atoms with E-state index in [1.54, 1.807) is 54.5 Å². The molecule has 1 saturated heterocycles. The smallest absolute Gasteiger partial charge is 0.410 e. The molecule has 0 bridgehead atoms. The highest BCUT2D eigenvalue weighted by Crippen LogP contribution is 2.41. The van der Waals surface area contributed by atoms with Gasteiger partial charge in [-0.05, 0) is 63.4 Å². The standard InChI is InChI=1S/C35H41FN6O8/c1-4-37-32(47)35(11-6-12-35)33(48)38-21(3)30(44)39-23-9-7-22(8-10-23)20-50-34(49)42-15-13-41(14-16-42)28-18-27-24(17-26(28)36)29(43)25(31(45)46)19-40(27)5-2/h7-10,17-19,21H,4-6,11-16,20H2,1-3H3,(H,37,47)(H,38,48)(H,39,44)(H,45,46). The summed E-state index contributed by atoms with van der Waals surface area (Å²) in [4.78, 5) is 78.4. The van der Waals surface area contributed by atoms with Crippen LogP contribution in [0.5, 0.6) is 0 Å². The first kappa shape index (κ1) is 35.8. The first-order valence-electron chi connectivity index (χ1n) is 16.6. The van der Waals surface area contributed by atoms with E-state index in [1.165, 1.54) is 17.2 Å². The third kappa shape index (κ3) is 7.26. The van der Waals surface area contributed by atoms with Gasteiger partial charge in [0.05, 0.1) is 11.2 Å². The molecule has 266 valence electrons. The molecule has 1 aromatic heterocycles. The Bertz CT molecular complexity index is 1870. The summed E-state index contributed by atoms with van der Waals surface area (Å²) in [5, 5.41) is 17.5. The summed E-state index contributed by atoms with van der Waals surface area (Å²) in [7, 11) is 0. The van der Waals surface area contributed by atoms with Gasteiger partial charge < -0.3 is 40.2 Å². The van der Waals surface area contributed by atoms with Crippen molar-refractivity contribution in [3.8, 4) is 0 Å². The number of aromatic nitrogens is 1. The maximum atomic E-state index is 15.2. The van der Waals surface area contributed by atoms with E-state index in [9.17, 15) is 33.9 Å². The van der Waals surface area contributed by atoms with Crippen molar-refractivity contribution in [1.29, 1.82) is 0 Å². The number of aromatic carboxylic acids is 1. The van der Waals surface area contributed by atoms with Crippen molar-refractivity contribution < 1.29 is 38.2 Å². The summed E-state index contributed by atoms with van der Waals surface area (Å²) in [6.07, 6.45) is 2.37. The topological polar surface area (TPSA) is 179 Å². The summed E-state index contributed by atoms with van der Waals surface area (Å²) >= 11 is 0. The van der Waals surface area contributed by atoms with Gasteiger partial charge in [0.15, 0.2) is 0 Å². The van der Waals surface area contributed by atoms with Crippen LogP contribution >= 0.6 is 0 Å². The number of carbonyl (C=O) groups is 5. The van der Waals surface area contributed by atoms with Crippen LogP contribution in [-0.2, 0) is 32.3 Å². The van der Waals surface area contributed by atoms with Gasteiger partial charge in [0.1, 0.15) is 29.4 Å². The van der Waals surface area contributed by atoms with Crippen molar-refractivity contribution in [2.45, 2.75) is 59.2 Å². The number of benzene rings is 2. The third-order valence-electron chi connectivity index (χ3n) is 9.34. The zero-order valence-corrected chi connectivity index (χ0v) is 28.2. The van der Waals surface area contributed by atoms with Gasteiger partial charge >= 0.3 is 12.1 Å². The average molecular weight is 693 g/mol. The lowest BCUT2D eigenvalue weighted by Gasteiger charge is -2.39. The lowest BCUT2D eigenvalue weighted by Crippen LogP contribution is -2.58. The van der Waals surface area contributed by atoms with Crippen LogP contribution in [0.3, 0.4) is 0 Å². The van der Waals surface area contributed by atoms with Crippen LogP contribution in [-0.4, -0.2) is 83.1 Å². The quantitative estimate of drug-likeness (QED) is 0.220. The number of carbonyl (C=O) groups excluding carboxylic acids is 4. The molecule has 4 N–H and O–H groups in total. The maximum Gasteiger partial charge on any atom is 0.410 e. The molecule has 1 aliphatic heterocycles. The summed E-state index contributed by atoms with van der Waals surface area (Å²) in [6, 6.07) is 8.42. The minimum absolute atomic E-state index is 0.0137. The molecule has 2 heterocycles. The fourth-order valence-electron chi connectivity index (χ4n) is 6.17. The van der Waals surface area contributed by atoms with E-state index in [2.05, 4.69) is 16.0 Å². The molecular weight excluding hydrogens is 651 g/mol. The minimum Gasteiger partial charge on any atom is -0.477 e. The number of anilines is 2. The molecule has 0 radical (unpaired) electrons. The van der Waals surface area contributed by atoms with Crippen molar-refractivity contribution in [2.75, 3.05) is 42.9 Å². The fraction of sp³-hybridized carbons (Fsp3) is 0.429. The van der Waals surface area contributed by atoms with E-state index in [1.807, 2.05) is 0 Å². The molecule has 1 aliphatic carbocycles. The number of carboxylic acid groups (broad SMARTS) is 1. The lowest BCUT2D eigenvalue weighted by molar-refractivity contribution is -0.150. The Balaban J connectivity index is 1.11. The van der Waals surface area contributed by atoms with Gasteiger partial charge in [-0.25, -0.2) is 14.0 Å². The molecule has 2 aromatic carbocycles. The highest BCUT2D eigenvalue weighted by molar-refractivity contribution is 6.07. The molecular formula is C35H41FN6O8. The first-order chi connectivity index (χ1) is 23.9. The fourth-order valence-corrected chi connectivity index (χ4v) is 6.17. The van der Waals surface area contributed by atoms with Crippen molar-refractivity contribution in [1.82, 2.24) is 20.1 Å². The summed E-state index contributed by atoms with van der Waals surface area (Å²) in [5.41, 5.74) is -0.484. The second-order valence-electron chi connectivity index (χ2n) is 12.5. The number of pyridine rings is 1. The van der Waals surface area contributed by atoms with Crippen LogP contribution in [0.2, 0.25) is 0 Å². The van der Waals surface area contributed by atoms with Crippen LogP contribution in [0.1, 0.15) is 56.0 Å². The number of carboxylic acids is 1. The van der Waals surface area contributed by atoms with Gasteiger partial charge in [-0.2, -0.15) is 0 Å². The van der Waals surface area contributed by atoms with Gasteiger partial charge in [0.25, 0.3) is 0 Å². The van der Waals surface area contributed by atoms with Gasteiger partial charge in [-0.3, -0.25) is 19.2 Å². The zero-order valence-electron chi connectivity index (χ0n) is 28.2. The van der Waals surface area contributed by atoms with Gasteiger partial charge in [-0.15, -0.1) is 0 Å². The van der Waals surface area contributed by atoms with Crippen LogP contribution < -0.4 is 26.3 Å². The van der Waals surface area contributed by atoms with Crippen molar-refractivity contribution in [2.24, 2.45) is 5.41 Å². The molecule has 1 atom stereocenters. The van der Waals surface area contributed by atoms with Crippen molar-refractivity contribution in [3.05, 3.63) is 69.8 Å². The van der Waals surface area contributed by atoms with Crippen LogP contribution in [0.15, 0.2) is 47.4 Å². The summed E-state index contributed by atoms with van der Waals surface area (Å²) in [5.74, 6) is -3.26. The number of fused-ring (bicyclic) bond motifs is 1. The number of nitrogens with one attached hydrogen (secondary N) is 3. The van der Waals surface area contributed by atoms with E-state index in [-0.39, 0.29) is 36.7 Å². The molecule has 14 nitrogen and oxygen atoms in total. The molecule has 5 rings (SSSR count). The molecule has 1 unspecified atom stereocenters. The number of halogens is 1. The van der Waals surface area contributed by atoms with Crippen LogP contribution in [0.4, 0.5) is 20.6 Å². The normalized spacial score (nSPS) is 15.8. The SMILES string of the molecule is CCNC(=O)C1(C(=O)NC(C)C(=O)Nc2ccc(COC(=O)N3CCN(c4cc5c(cc4F)c(=O)c(C(=O)O)cn5CC)CC3)cc2)CCC1. The number of amides is 4. The molecule has 15 heteroatoms. The van der Waals surface area contributed by atoms with Crippen molar-refractivity contribution >= 4 is 52.1 Å². The number of piperazine rings is 1. The molecule has 4 amide bonds. The van der Waals surface area contributed by atoms with E-state index in [0.29, 0.717) is 55.8 Å². The molecule has 0 spiro atoms. The monoisotopic (exact) mass is 692 g/mol. The molecule has 2 fully saturated rings. The summed E-state index contributed by atoms with van der Waals surface area (Å²) in [6.45, 7) is 7.03. The highest BCUT2D eigenvalue weighted by Gasteiger charge is 2.51. The zero-order chi connectivity index (χ0) is 36.2. The van der Waals surface area contributed by atoms with Gasteiger partial charge in [0.2, 0.25) is 23.2 Å². The number of hydrogen-bond donors (Lipinski definition) is 4. The van der Waals surface area contributed by atoms with Gasteiger partial charge in [-0.1, -0.05) is 18.6 Å². The lowest BCUT2D eigenvalue weighted by atomic mass is 9.67. The van der Waals surface area contributed by atoms with Crippen molar-refractivity contribution in [3.63, 3.8) is 0 Å². The van der Waals surface area contributed by atoms with Gasteiger partial charge in [0, 0.05) is 56.5 Å². The Morgan fingerprint density at radius 1 is 1.00 bits per heavy atom. The first-order valence-corrected chi connectivity index (χ1v) is 16.6. The van der Waals surface area contributed by atoms with E-state index in [4.69, 9.17) is 4.74 Å². The number of aryl methyl sites for hydroxylation is 1. The molecule has 2 aliphatic rings. The highest BCUT2D eigenvalue weighted by atomic mass is 19.1. The Labute approximate surface area is 287 Å². The molecule has 3 aromatic rings. The Morgan fingerprint density at radius 3 is 2.26 bits per heavy atom. The molecule has 50 heavy (non-hydrogen) atoms. The Kier molecular flexibility index (Phi) is 10.7. The maximum absolute atomic E-state index is 15.2. The Morgan fingerprint density at radius 2 is 1.68 bits per heavy atom. The second-order valence-corrected chi connectivity index (χ2v) is 12.5. The second kappa shape index (κ2) is 15.0.